The largest absolute Gasteiger partial charge is 0.377 e. The molecule has 2 N–H and O–H groups in total. The fourth-order valence-electron chi connectivity index (χ4n) is 4.27. The molecule has 1 fully saturated rings. The fraction of sp³-hybridized carbons (Fsp3) is 0.481. The van der Waals surface area contributed by atoms with Gasteiger partial charge >= 0.3 is 6.03 Å². The first-order valence-corrected chi connectivity index (χ1v) is 11.8. The van der Waals surface area contributed by atoms with E-state index in [-0.39, 0.29) is 23.4 Å². The van der Waals surface area contributed by atoms with Crippen LogP contribution in [0.1, 0.15) is 57.6 Å². The quantitative estimate of drug-likeness (QED) is 0.594. The van der Waals surface area contributed by atoms with E-state index >= 15 is 0 Å². The van der Waals surface area contributed by atoms with Gasteiger partial charge in [0, 0.05) is 50.0 Å². The third-order valence-corrected chi connectivity index (χ3v) is 5.90. The number of nitrogens with zero attached hydrogens (tertiary/aromatic N) is 2. The standard InChI is InChI=1S/C27H38N4O2/c1-27(2,3)29-26(33)31(18-20-11-7-6-8-12-20)19-22-17-23(15-16-24(22)30(4)5)28-25(32)21-13-9-10-14-21/h6-8,11-12,15-17,21H,9-10,13-14,18-19H2,1-5H3,(H,28,32)(H,29,33). The molecule has 6 nitrogen and oxygen atoms in total. The number of amides is 3. The summed E-state index contributed by atoms with van der Waals surface area (Å²) in [5.41, 5.74) is 3.52. The number of hydrogen-bond donors (Lipinski definition) is 2. The predicted molar refractivity (Wildman–Crippen MR) is 135 cm³/mol. The molecule has 0 aromatic heterocycles. The Bertz CT molecular complexity index is 944. The molecule has 2 aromatic carbocycles. The minimum Gasteiger partial charge on any atom is -0.377 e. The molecule has 6 heteroatoms. The summed E-state index contributed by atoms with van der Waals surface area (Å²) in [4.78, 5) is 29.8. The van der Waals surface area contributed by atoms with Crippen LogP contribution in [0.3, 0.4) is 0 Å². The number of carbonyl (C=O) groups is 2. The zero-order chi connectivity index (χ0) is 24.0. The molecule has 3 rings (SSSR count). The molecule has 0 unspecified atom stereocenters. The summed E-state index contributed by atoms with van der Waals surface area (Å²) in [5.74, 6) is 0.205. The summed E-state index contributed by atoms with van der Waals surface area (Å²) in [7, 11) is 3.98. The van der Waals surface area contributed by atoms with Crippen LogP contribution in [-0.2, 0) is 17.9 Å². The first kappa shape index (κ1) is 24.6. The monoisotopic (exact) mass is 450 g/mol. The topological polar surface area (TPSA) is 64.7 Å². The number of anilines is 2. The van der Waals surface area contributed by atoms with Crippen LogP contribution in [0.25, 0.3) is 0 Å². The number of nitrogens with one attached hydrogen (secondary N) is 2. The van der Waals surface area contributed by atoms with Gasteiger partial charge in [0.05, 0.1) is 0 Å². The van der Waals surface area contributed by atoms with Gasteiger partial charge in [0.15, 0.2) is 0 Å². The lowest BCUT2D eigenvalue weighted by atomic mass is 10.1. The van der Waals surface area contributed by atoms with Crippen molar-refractivity contribution in [3.8, 4) is 0 Å². The maximum absolute atomic E-state index is 13.2. The van der Waals surface area contributed by atoms with E-state index < -0.39 is 0 Å². The van der Waals surface area contributed by atoms with Crippen molar-refractivity contribution in [2.75, 3.05) is 24.3 Å². The lowest BCUT2D eigenvalue weighted by molar-refractivity contribution is -0.119. The van der Waals surface area contributed by atoms with Crippen molar-refractivity contribution in [1.82, 2.24) is 10.2 Å². The second-order valence-corrected chi connectivity index (χ2v) is 10.2. The van der Waals surface area contributed by atoms with Gasteiger partial charge in [-0.15, -0.1) is 0 Å². The Balaban J connectivity index is 1.86. The molecular formula is C27H38N4O2. The van der Waals surface area contributed by atoms with Crippen LogP contribution in [-0.4, -0.2) is 36.5 Å². The second-order valence-electron chi connectivity index (χ2n) is 10.2. The molecule has 1 aliphatic carbocycles. The minimum atomic E-state index is -0.340. The average molecular weight is 451 g/mol. The zero-order valence-electron chi connectivity index (χ0n) is 20.6. The van der Waals surface area contributed by atoms with Crippen LogP contribution >= 0.6 is 0 Å². The van der Waals surface area contributed by atoms with E-state index in [0.717, 1.165) is 48.2 Å². The van der Waals surface area contributed by atoms with Gasteiger partial charge in [0.1, 0.15) is 0 Å². The summed E-state index contributed by atoms with van der Waals surface area (Å²) < 4.78 is 0. The Morgan fingerprint density at radius 3 is 2.24 bits per heavy atom. The van der Waals surface area contributed by atoms with Crippen molar-refractivity contribution in [2.45, 2.75) is 65.1 Å². The Morgan fingerprint density at radius 2 is 1.64 bits per heavy atom. The predicted octanol–water partition coefficient (Wildman–Crippen LogP) is 5.39. The number of rotatable bonds is 7. The number of benzene rings is 2. The van der Waals surface area contributed by atoms with Gasteiger partial charge in [-0.2, -0.15) is 0 Å². The first-order valence-electron chi connectivity index (χ1n) is 11.8. The van der Waals surface area contributed by atoms with E-state index in [1.807, 2.05) is 93.2 Å². The maximum atomic E-state index is 13.2. The van der Waals surface area contributed by atoms with Crippen molar-refractivity contribution in [2.24, 2.45) is 5.92 Å². The van der Waals surface area contributed by atoms with Crippen LogP contribution in [0.5, 0.6) is 0 Å². The van der Waals surface area contributed by atoms with Gasteiger partial charge in [-0.3, -0.25) is 4.79 Å². The third kappa shape index (κ3) is 7.24. The molecule has 2 aromatic rings. The van der Waals surface area contributed by atoms with Gasteiger partial charge in [0.25, 0.3) is 0 Å². The molecule has 1 saturated carbocycles. The van der Waals surface area contributed by atoms with Crippen molar-refractivity contribution in [3.63, 3.8) is 0 Å². The summed E-state index contributed by atoms with van der Waals surface area (Å²) >= 11 is 0. The third-order valence-electron chi connectivity index (χ3n) is 5.90. The van der Waals surface area contributed by atoms with Crippen molar-refractivity contribution in [1.29, 1.82) is 0 Å². The first-order chi connectivity index (χ1) is 15.6. The smallest absolute Gasteiger partial charge is 0.318 e. The number of urea groups is 1. The highest BCUT2D eigenvalue weighted by atomic mass is 16.2. The molecule has 0 aliphatic heterocycles. The van der Waals surface area contributed by atoms with Crippen molar-refractivity contribution in [3.05, 3.63) is 59.7 Å². The lowest BCUT2D eigenvalue weighted by Gasteiger charge is -2.30. The summed E-state index contributed by atoms with van der Waals surface area (Å²) in [6, 6.07) is 15.9. The Hall–Kier alpha value is -3.02. The summed E-state index contributed by atoms with van der Waals surface area (Å²) in [6.45, 7) is 6.87. The molecule has 0 bridgehead atoms. The van der Waals surface area contributed by atoms with E-state index in [2.05, 4.69) is 10.6 Å². The van der Waals surface area contributed by atoms with E-state index in [4.69, 9.17) is 0 Å². The number of carbonyl (C=O) groups excluding carboxylic acids is 2. The molecule has 178 valence electrons. The fourth-order valence-corrected chi connectivity index (χ4v) is 4.27. The molecule has 0 saturated heterocycles. The van der Waals surface area contributed by atoms with Gasteiger partial charge in [-0.25, -0.2) is 4.79 Å². The Morgan fingerprint density at radius 1 is 0.970 bits per heavy atom. The molecule has 0 heterocycles. The molecule has 0 spiro atoms. The van der Waals surface area contributed by atoms with Crippen molar-refractivity contribution < 1.29 is 9.59 Å². The van der Waals surface area contributed by atoms with Crippen LogP contribution in [0, 0.1) is 5.92 Å². The molecule has 0 radical (unpaired) electrons. The Kier molecular flexibility index (Phi) is 8.01. The maximum Gasteiger partial charge on any atom is 0.318 e. The highest BCUT2D eigenvalue weighted by molar-refractivity contribution is 5.93. The lowest BCUT2D eigenvalue weighted by Crippen LogP contribution is -2.48. The van der Waals surface area contributed by atoms with E-state index in [1.54, 1.807) is 0 Å². The zero-order valence-corrected chi connectivity index (χ0v) is 20.6. The van der Waals surface area contributed by atoms with Gasteiger partial charge < -0.3 is 20.4 Å². The molecule has 33 heavy (non-hydrogen) atoms. The molecule has 0 atom stereocenters. The second kappa shape index (κ2) is 10.7. The van der Waals surface area contributed by atoms with Crippen LogP contribution in [0.4, 0.5) is 16.2 Å². The normalized spacial score (nSPS) is 14.1. The van der Waals surface area contributed by atoms with Gasteiger partial charge in [0.2, 0.25) is 5.91 Å². The summed E-state index contributed by atoms with van der Waals surface area (Å²) in [5, 5.41) is 6.20. The highest BCUT2D eigenvalue weighted by Crippen LogP contribution is 2.28. The SMILES string of the molecule is CN(C)c1ccc(NC(=O)C2CCCC2)cc1CN(Cc1ccccc1)C(=O)NC(C)(C)C. The molecular weight excluding hydrogens is 412 g/mol. The van der Waals surface area contributed by atoms with Crippen LogP contribution in [0.15, 0.2) is 48.5 Å². The minimum absolute atomic E-state index is 0.0997. The van der Waals surface area contributed by atoms with Crippen LogP contribution in [0.2, 0.25) is 0 Å². The highest BCUT2D eigenvalue weighted by Gasteiger charge is 2.24. The van der Waals surface area contributed by atoms with Gasteiger partial charge in [-0.1, -0.05) is 43.2 Å². The van der Waals surface area contributed by atoms with E-state index in [9.17, 15) is 9.59 Å². The number of hydrogen-bond acceptors (Lipinski definition) is 3. The van der Waals surface area contributed by atoms with E-state index in [1.165, 1.54) is 0 Å². The van der Waals surface area contributed by atoms with Gasteiger partial charge in [-0.05, 0) is 62.9 Å². The van der Waals surface area contributed by atoms with Crippen molar-refractivity contribution >= 4 is 23.3 Å². The van der Waals surface area contributed by atoms with Crippen LogP contribution < -0.4 is 15.5 Å². The summed E-state index contributed by atoms with van der Waals surface area (Å²) in [6.07, 6.45) is 4.18. The average Bonchev–Trinajstić information content (AvgIpc) is 3.28. The van der Waals surface area contributed by atoms with E-state index in [0.29, 0.717) is 13.1 Å². The molecule has 3 amide bonds. The molecule has 1 aliphatic rings. The Labute approximate surface area is 198 Å².